The highest BCUT2D eigenvalue weighted by Gasteiger charge is 2.34. The molecule has 1 aromatic carbocycles. The summed E-state index contributed by atoms with van der Waals surface area (Å²) in [5, 5.41) is 6.48. The maximum atomic E-state index is 12.5. The zero-order valence-electron chi connectivity index (χ0n) is 16.3. The lowest BCUT2D eigenvalue weighted by molar-refractivity contribution is 0.223. The minimum atomic E-state index is 0.0206. The Kier molecular flexibility index (Phi) is 6.92. The van der Waals surface area contributed by atoms with E-state index < -0.39 is 0 Å². The van der Waals surface area contributed by atoms with E-state index in [1.165, 1.54) is 24.8 Å². The van der Waals surface area contributed by atoms with E-state index in [1.54, 1.807) is 0 Å². The van der Waals surface area contributed by atoms with Crippen molar-refractivity contribution in [3.8, 4) is 0 Å². The molecule has 5 heteroatoms. The van der Waals surface area contributed by atoms with E-state index in [4.69, 9.17) is 0 Å². The third-order valence-electron chi connectivity index (χ3n) is 5.62. The van der Waals surface area contributed by atoms with Gasteiger partial charge in [-0.15, -0.1) is 0 Å². The van der Waals surface area contributed by atoms with E-state index in [-0.39, 0.29) is 12.1 Å². The van der Waals surface area contributed by atoms with E-state index in [0.29, 0.717) is 12.0 Å². The zero-order chi connectivity index (χ0) is 18.4. The number of carbonyl (C=O) groups is 1. The van der Waals surface area contributed by atoms with Crippen molar-refractivity contribution in [1.29, 1.82) is 0 Å². The molecule has 0 unspecified atom stereocenters. The summed E-state index contributed by atoms with van der Waals surface area (Å²) in [7, 11) is 4.22. The van der Waals surface area contributed by atoms with Crippen molar-refractivity contribution in [3.63, 3.8) is 0 Å². The Balaban J connectivity index is 1.55. The first kappa shape index (κ1) is 19.2. The summed E-state index contributed by atoms with van der Waals surface area (Å²) < 4.78 is 0. The van der Waals surface area contributed by atoms with Crippen LogP contribution in [0.3, 0.4) is 0 Å². The second-order valence-electron chi connectivity index (χ2n) is 8.26. The van der Waals surface area contributed by atoms with Crippen LogP contribution in [0.25, 0.3) is 0 Å². The summed E-state index contributed by atoms with van der Waals surface area (Å²) >= 11 is 0. The third kappa shape index (κ3) is 5.71. The smallest absolute Gasteiger partial charge is 0.315 e. The van der Waals surface area contributed by atoms with Gasteiger partial charge in [-0.25, -0.2) is 4.79 Å². The van der Waals surface area contributed by atoms with Gasteiger partial charge < -0.3 is 15.5 Å². The lowest BCUT2D eigenvalue weighted by Crippen LogP contribution is -2.50. The van der Waals surface area contributed by atoms with Crippen LogP contribution in [0.5, 0.6) is 0 Å². The van der Waals surface area contributed by atoms with Crippen LogP contribution in [0.4, 0.5) is 4.79 Å². The van der Waals surface area contributed by atoms with Gasteiger partial charge in [0, 0.05) is 44.2 Å². The first-order valence-corrected chi connectivity index (χ1v) is 10.1. The van der Waals surface area contributed by atoms with E-state index in [1.807, 2.05) is 0 Å². The molecule has 3 rings (SSSR count). The van der Waals surface area contributed by atoms with Crippen LogP contribution in [-0.2, 0) is 6.54 Å². The number of nitrogens with zero attached hydrogens (tertiary/aromatic N) is 2. The van der Waals surface area contributed by atoms with E-state index >= 15 is 0 Å². The van der Waals surface area contributed by atoms with Gasteiger partial charge in [0.05, 0.1) is 0 Å². The number of urea groups is 1. The fourth-order valence-corrected chi connectivity index (χ4v) is 4.39. The van der Waals surface area contributed by atoms with Crippen molar-refractivity contribution < 1.29 is 4.79 Å². The predicted molar refractivity (Wildman–Crippen MR) is 106 cm³/mol. The van der Waals surface area contributed by atoms with E-state index in [0.717, 1.165) is 39.0 Å². The first-order chi connectivity index (χ1) is 12.6. The highest BCUT2D eigenvalue weighted by molar-refractivity contribution is 5.74. The minimum absolute atomic E-state index is 0.0206. The van der Waals surface area contributed by atoms with Crippen LogP contribution in [0, 0.1) is 5.92 Å². The number of rotatable bonds is 6. The van der Waals surface area contributed by atoms with Crippen LogP contribution in [0.1, 0.15) is 37.7 Å². The molecule has 2 fully saturated rings. The monoisotopic (exact) mass is 358 g/mol. The summed E-state index contributed by atoms with van der Waals surface area (Å²) in [5.41, 5.74) is 1.34. The molecule has 144 valence electrons. The molecule has 0 bridgehead atoms. The van der Waals surface area contributed by atoms with Gasteiger partial charge in [-0.2, -0.15) is 0 Å². The van der Waals surface area contributed by atoms with Crippen molar-refractivity contribution in [3.05, 3.63) is 35.9 Å². The van der Waals surface area contributed by atoms with Crippen molar-refractivity contribution in [2.75, 3.05) is 33.7 Å². The Hall–Kier alpha value is -1.59. The fraction of sp³-hybridized carbons (Fsp3) is 0.667. The quantitative estimate of drug-likeness (QED) is 0.822. The highest BCUT2D eigenvalue weighted by Crippen LogP contribution is 2.21. The Bertz CT molecular complexity index is 556. The average molecular weight is 359 g/mol. The summed E-state index contributed by atoms with van der Waals surface area (Å²) in [6.07, 6.45) is 6.03. The van der Waals surface area contributed by atoms with E-state index in [9.17, 15) is 4.79 Å². The summed E-state index contributed by atoms with van der Waals surface area (Å²) in [4.78, 5) is 17.2. The maximum absolute atomic E-state index is 12.5. The Morgan fingerprint density at radius 2 is 1.81 bits per heavy atom. The van der Waals surface area contributed by atoms with Crippen molar-refractivity contribution in [2.45, 2.75) is 50.7 Å². The van der Waals surface area contributed by atoms with Gasteiger partial charge in [0.25, 0.3) is 0 Å². The van der Waals surface area contributed by atoms with Gasteiger partial charge in [0.2, 0.25) is 0 Å². The van der Waals surface area contributed by atoms with Gasteiger partial charge in [0.15, 0.2) is 0 Å². The molecule has 0 aromatic heterocycles. The van der Waals surface area contributed by atoms with Crippen LogP contribution >= 0.6 is 0 Å². The molecular weight excluding hydrogens is 324 g/mol. The number of nitrogens with one attached hydrogen (secondary N) is 2. The molecule has 0 spiro atoms. The molecule has 1 saturated carbocycles. The predicted octanol–water partition coefficient (Wildman–Crippen LogP) is 2.68. The van der Waals surface area contributed by atoms with Crippen molar-refractivity contribution in [2.24, 2.45) is 5.92 Å². The van der Waals surface area contributed by atoms with Crippen molar-refractivity contribution in [1.82, 2.24) is 20.4 Å². The number of benzene rings is 1. The van der Waals surface area contributed by atoms with Crippen LogP contribution in [-0.4, -0.2) is 61.6 Å². The molecule has 1 saturated heterocycles. The molecule has 2 N–H and O–H groups in total. The van der Waals surface area contributed by atoms with Gasteiger partial charge in [-0.1, -0.05) is 49.6 Å². The zero-order valence-corrected chi connectivity index (χ0v) is 16.3. The Labute approximate surface area is 158 Å². The van der Waals surface area contributed by atoms with Crippen molar-refractivity contribution >= 4 is 6.03 Å². The van der Waals surface area contributed by atoms with Gasteiger partial charge in [-0.3, -0.25) is 4.90 Å². The number of amides is 2. The second kappa shape index (κ2) is 9.38. The molecular formula is C21H34N4O. The Morgan fingerprint density at radius 3 is 2.50 bits per heavy atom. The first-order valence-electron chi connectivity index (χ1n) is 10.1. The molecule has 1 aromatic rings. The lowest BCUT2D eigenvalue weighted by atomic mass is 9.96. The topological polar surface area (TPSA) is 47.6 Å². The molecule has 26 heavy (non-hydrogen) atoms. The molecule has 2 amide bonds. The van der Waals surface area contributed by atoms with Crippen LogP contribution < -0.4 is 10.6 Å². The SMILES string of the molecule is CN(C)C[C@@H]1CN(Cc2ccccc2)C[C@H]1NC(=O)NC1CCCCC1. The van der Waals surface area contributed by atoms with Gasteiger partial charge in [-0.05, 0) is 32.5 Å². The lowest BCUT2D eigenvalue weighted by Gasteiger charge is -2.26. The van der Waals surface area contributed by atoms with Crippen LogP contribution in [0.2, 0.25) is 0 Å². The third-order valence-corrected chi connectivity index (χ3v) is 5.62. The number of likely N-dealkylation sites (tertiary alicyclic amines) is 1. The minimum Gasteiger partial charge on any atom is -0.335 e. The number of carbonyl (C=O) groups excluding carboxylic acids is 1. The highest BCUT2D eigenvalue weighted by atomic mass is 16.2. The van der Waals surface area contributed by atoms with Gasteiger partial charge >= 0.3 is 6.03 Å². The number of hydrogen-bond acceptors (Lipinski definition) is 3. The molecule has 2 aliphatic rings. The maximum Gasteiger partial charge on any atom is 0.315 e. The normalized spacial score (nSPS) is 24.7. The molecule has 1 heterocycles. The second-order valence-corrected chi connectivity index (χ2v) is 8.26. The average Bonchev–Trinajstić information content (AvgIpc) is 2.96. The largest absolute Gasteiger partial charge is 0.335 e. The standard InChI is InChI=1S/C21H34N4O/c1-24(2)14-18-15-25(13-17-9-5-3-6-10-17)16-20(18)23-21(26)22-19-11-7-4-8-12-19/h3,5-6,9-10,18-20H,4,7-8,11-16H2,1-2H3,(H2,22,23,26)/t18-,20-/m1/s1. The molecule has 0 radical (unpaired) electrons. The fourth-order valence-electron chi connectivity index (χ4n) is 4.39. The van der Waals surface area contributed by atoms with Gasteiger partial charge in [0.1, 0.15) is 0 Å². The molecule has 1 aliphatic heterocycles. The Morgan fingerprint density at radius 1 is 1.08 bits per heavy atom. The summed E-state index contributed by atoms with van der Waals surface area (Å²) in [5.74, 6) is 0.464. The molecule has 2 atom stereocenters. The molecule has 1 aliphatic carbocycles. The number of hydrogen-bond donors (Lipinski definition) is 2. The summed E-state index contributed by atoms with van der Waals surface area (Å²) in [6, 6.07) is 11.2. The molecule has 5 nitrogen and oxygen atoms in total. The van der Waals surface area contributed by atoms with E-state index in [2.05, 4.69) is 64.9 Å². The van der Waals surface area contributed by atoms with Crippen LogP contribution in [0.15, 0.2) is 30.3 Å². The summed E-state index contributed by atoms with van der Waals surface area (Å²) in [6.45, 7) is 3.90.